The molecule has 0 aliphatic rings. The van der Waals surface area contributed by atoms with Gasteiger partial charge in [-0.05, 0) is 0 Å². The van der Waals surface area contributed by atoms with Crippen LogP contribution in [0.3, 0.4) is 0 Å². The molecule has 4 heteroatoms. The molecule has 0 spiro atoms. The molecule has 0 aromatic rings. The monoisotopic (exact) mass is 542 g/mol. The first kappa shape index (κ1) is 22.8. The summed E-state index contributed by atoms with van der Waals surface area (Å²) in [5, 5.41) is 0. The fourth-order valence-electron chi connectivity index (χ4n) is 0. The summed E-state index contributed by atoms with van der Waals surface area (Å²) in [6, 6.07) is 0. The van der Waals surface area contributed by atoms with Gasteiger partial charge >= 0.3 is 0 Å². The van der Waals surface area contributed by atoms with Crippen LogP contribution in [-0.2, 0) is 70.0 Å². The number of hydrogen-bond acceptors (Lipinski definition) is 2. The van der Waals surface area contributed by atoms with E-state index >= 15 is 0 Å². The van der Waals surface area contributed by atoms with Crippen molar-refractivity contribution in [3.63, 3.8) is 0 Å². The van der Waals surface area contributed by atoms with Crippen molar-refractivity contribution in [3.05, 3.63) is 13.8 Å². The fraction of sp³-hybridized carbons (Fsp3) is 0.667. The topological polar surface area (TPSA) is 0 Å². The van der Waals surface area contributed by atoms with Gasteiger partial charge < -0.3 is 39.1 Å². The van der Waals surface area contributed by atoms with Gasteiger partial charge in [0.1, 0.15) is 0 Å². The Bertz CT molecular complexity index is 21.7. The van der Waals surface area contributed by atoms with Gasteiger partial charge in [-0.3, -0.25) is 0 Å². The molecule has 0 aromatic carbocycles. The summed E-state index contributed by atoms with van der Waals surface area (Å²) in [4.78, 5) is 0. The van der Waals surface area contributed by atoms with Crippen LogP contribution in [0.2, 0.25) is 0 Å². The zero-order chi connectivity index (χ0) is 6.83. The van der Waals surface area contributed by atoms with E-state index < -0.39 is 0 Å². The maximum atomic E-state index is 4.49. The predicted molar refractivity (Wildman–Crippen MR) is 44.4 cm³/mol. The van der Waals surface area contributed by atoms with Crippen LogP contribution in [0.15, 0.2) is 0 Å². The first-order chi connectivity index (χ1) is 3.83. The summed E-state index contributed by atoms with van der Waals surface area (Å²) in [6.45, 7) is 7.00. The van der Waals surface area contributed by atoms with Crippen molar-refractivity contribution in [2.45, 2.75) is 12.8 Å². The van der Waals surface area contributed by atoms with Crippen molar-refractivity contribution in [3.8, 4) is 0 Å². The second-order valence-electron chi connectivity index (χ2n) is 1.12. The minimum absolute atomic E-state index is 0. The minimum Gasteiger partial charge on any atom is -0.795 e. The summed E-state index contributed by atoms with van der Waals surface area (Å²) in [5.41, 5.74) is 0. The zero-order valence-electron chi connectivity index (χ0n) is 5.66. The molecule has 0 bridgehead atoms. The Hall–Kier alpha value is 2.18. The van der Waals surface area contributed by atoms with Crippen LogP contribution in [0.25, 0.3) is 0 Å². The van der Waals surface area contributed by atoms with Gasteiger partial charge in [0.2, 0.25) is 0 Å². The third-order valence-corrected chi connectivity index (χ3v) is 0.866. The molecule has 74 valence electrons. The second-order valence-corrected chi connectivity index (χ2v) is 1.93. The van der Waals surface area contributed by atoms with Crippen LogP contribution < -0.4 is 0 Å². The smallest absolute Gasteiger partial charge is 0 e. The van der Waals surface area contributed by atoms with Gasteiger partial charge in [0.05, 0.1) is 0 Å². The van der Waals surface area contributed by atoms with Crippen LogP contribution in [0, 0.1) is 13.8 Å². The first-order valence-electron chi connectivity index (χ1n) is 2.58. The van der Waals surface area contributed by atoms with E-state index in [0.29, 0.717) is 0 Å². The van der Waals surface area contributed by atoms with Gasteiger partial charge in [-0.2, -0.15) is 0 Å². The number of rotatable bonds is 2. The largest absolute Gasteiger partial charge is 0.795 e. The minimum atomic E-state index is 0. The molecule has 0 rings (SSSR count). The molecule has 0 nitrogen and oxygen atoms in total. The molecule has 0 amide bonds. The second kappa shape index (κ2) is 30.3. The summed E-state index contributed by atoms with van der Waals surface area (Å²) < 4.78 is 0. The van der Waals surface area contributed by atoms with Gasteiger partial charge in [0, 0.05) is 44.8 Å². The van der Waals surface area contributed by atoms with E-state index in [2.05, 4.69) is 39.1 Å². The molecule has 0 unspecified atom stereocenters. The van der Waals surface area contributed by atoms with E-state index in [4.69, 9.17) is 0 Å². The molecule has 0 N–H and O–H groups in total. The summed E-state index contributed by atoms with van der Waals surface area (Å²) in [5.74, 6) is 1.58. The standard InChI is InChI=1S/2C3H7S.2Au/c2*1-2-3-4;;/h2*4H,1-3H2;;/q2*-1;;/p-2. The number of hydrogen-bond donors (Lipinski definition) is 0. The molecular weight excluding hydrogens is 530 g/mol. The SMILES string of the molecule is [Au].[Au].[CH2-]CC[S-].[CH2-]CC[S-]. The van der Waals surface area contributed by atoms with Crippen molar-refractivity contribution in [1.82, 2.24) is 0 Å². The average molecular weight is 542 g/mol. The Labute approximate surface area is 107 Å². The maximum Gasteiger partial charge on any atom is 0 e. The van der Waals surface area contributed by atoms with Crippen molar-refractivity contribution >= 4 is 25.3 Å². The molecule has 0 heterocycles. The van der Waals surface area contributed by atoms with Crippen LogP contribution in [0.4, 0.5) is 0 Å². The molecule has 0 atom stereocenters. The summed E-state index contributed by atoms with van der Waals surface area (Å²) in [7, 11) is 0. The Morgan fingerprint density at radius 3 is 0.900 bits per heavy atom. The summed E-state index contributed by atoms with van der Waals surface area (Å²) >= 11 is 8.98. The zero-order valence-corrected chi connectivity index (χ0v) is 11.6. The molecule has 0 aliphatic carbocycles. The Kier molecular flexibility index (Phi) is 69.0. The van der Waals surface area contributed by atoms with Gasteiger partial charge in [-0.25, -0.2) is 24.3 Å². The van der Waals surface area contributed by atoms with Crippen molar-refractivity contribution in [2.75, 3.05) is 11.5 Å². The Balaban J connectivity index is -0.0000000300. The molecule has 0 fully saturated rings. The third kappa shape index (κ3) is 49.1. The molecule has 0 saturated carbocycles. The summed E-state index contributed by atoms with van der Waals surface area (Å²) in [6.07, 6.45) is 1.77. The normalized spacial score (nSPS) is 6.00. The average Bonchev–Trinajstić information content (AvgIpc) is 1.88. The first-order valence-corrected chi connectivity index (χ1v) is 3.73. The van der Waals surface area contributed by atoms with Crippen LogP contribution >= 0.6 is 0 Å². The molecule has 10 heavy (non-hydrogen) atoms. The predicted octanol–water partition coefficient (Wildman–Crippen LogP) is 1.51. The maximum absolute atomic E-state index is 4.49. The van der Waals surface area contributed by atoms with E-state index in [1.807, 2.05) is 0 Å². The molecular formula is C6H12Au2S2-4. The van der Waals surface area contributed by atoms with Crippen molar-refractivity contribution in [2.24, 2.45) is 0 Å². The Morgan fingerprint density at radius 2 is 0.900 bits per heavy atom. The van der Waals surface area contributed by atoms with E-state index in [9.17, 15) is 0 Å². The van der Waals surface area contributed by atoms with Gasteiger partial charge in [0.25, 0.3) is 0 Å². The van der Waals surface area contributed by atoms with Gasteiger partial charge in [0.15, 0.2) is 0 Å². The van der Waals surface area contributed by atoms with Crippen LogP contribution in [0.5, 0.6) is 0 Å². The van der Waals surface area contributed by atoms with Gasteiger partial charge in [-0.1, -0.05) is 0 Å². The van der Waals surface area contributed by atoms with E-state index in [0.717, 1.165) is 24.3 Å². The third-order valence-electron chi connectivity index (χ3n) is 0.289. The van der Waals surface area contributed by atoms with E-state index in [1.165, 1.54) is 0 Å². The molecule has 0 saturated heterocycles. The Morgan fingerprint density at radius 1 is 0.800 bits per heavy atom. The van der Waals surface area contributed by atoms with Crippen LogP contribution in [-0.4, -0.2) is 11.5 Å². The van der Waals surface area contributed by atoms with E-state index in [-0.39, 0.29) is 44.8 Å². The molecule has 0 aliphatic heterocycles. The van der Waals surface area contributed by atoms with Crippen LogP contribution in [0.1, 0.15) is 12.8 Å². The molecule has 2 radical (unpaired) electrons. The van der Waals surface area contributed by atoms with E-state index in [1.54, 1.807) is 0 Å². The van der Waals surface area contributed by atoms with Crippen molar-refractivity contribution < 1.29 is 44.8 Å². The van der Waals surface area contributed by atoms with Crippen molar-refractivity contribution in [1.29, 1.82) is 0 Å². The fourth-order valence-corrected chi connectivity index (χ4v) is 0. The quantitative estimate of drug-likeness (QED) is 0.295. The molecule has 0 aromatic heterocycles. The van der Waals surface area contributed by atoms with Gasteiger partial charge in [-0.15, -0.1) is 0 Å².